The molecule has 2 aromatic carbocycles. The molecule has 0 unspecified atom stereocenters. The van der Waals surface area contributed by atoms with Gasteiger partial charge in [0, 0.05) is 17.7 Å². The predicted molar refractivity (Wildman–Crippen MR) is 116 cm³/mol. The second kappa shape index (κ2) is 7.50. The number of para-hydroxylation sites is 1. The summed E-state index contributed by atoms with van der Waals surface area (Å²) in [6.45, 7) is 5.92. The van der Waals surface area contributed by atoms with Crippen molar-refractivity contribution < 1.29 is 17.6 Å². The number of aryl methyl sites for hydroxylation is 1. The fourth-order valence-electron chi connectivity index (χ4n) is 4.03. The predicted octanol–water partition coefficient (Wildman–Crippen LogP) is 4.10. The molecule has 1 aliphatic rings. The number of halogens is 1. The summed E-state index contributed by atoms with van der Waals surface area (Å²) < 4.78 is 39.3. The molecular weight excluding hydrogens is 405 g/mol. The molecule has 6 nitrogen and oxygen atoms in total. The van der Waals surface area contributed by atoms with Crippen molar-refractivity contribution in [3.8, 4) is 11.4 Å². The van der Waals surface area contributed by atoms with Crippen LogP contribution in [0.4, 0.5) is 10.1 Å². The van der Waals surface area contributed by atoms with Gasteiger partial charge in [0.2, 0.25) is 5.91 Å². The molecule has 4 rings (SSSR count). The number of aromatic nitrogens is 2. The zero-order valence-electron chi connectivity index (χ0n) is 17.1. The standard InChI is InChI=1S/C22H24FN3O3S/c1-13(2)26-19-8-7-16(23)11-18(19)24-21(26)17-6-4-5-14(3)20(17)25-22(27)15-9-10-30(28,29)12-15/h4-8,11,13,15H,9-10,12H2,1-3H3,(H,25,27)/t15-/m1/s1. The Bertz CT molecular complexity index is 1250. The van der Waals surface area contributed by atoms with Crippen LogP contribution in [0.15, 0.2) is 36.4 Å². The Labute approximate surface area is 175 Å². The van der Waals surface area contributed by atoms with Crippen molar-refractivity contribution in [2.45, 2.75) is 33.2 Å². The number of rotatable bonds is 4. The molecule has 1 fully saturated rings. The molecule has 2 heterocycles. The van der Waals surface area contributed by atoms with E-state index in [0.717, 1.165) is 16.6 Å². The minimum atomic E-state index is -3.16. The van der Waals surface area contributed by atoms with E-state index in [1.165, 1.54) is 12.1 Å². The van der Waals surface area contributed by atoms with Crippen LogP contribution in [-0.4, -0.2) is 35.4 Å². The number of imidazole rings is 1. The first-order chi connectivity index (χ1) is 14.2. The average molecular weight is 430 g/mol. The minimum Gasteiger partial charge on any atom is -0.325 e. The summed E-state index contributed by atoms with van der Waals surface area (Å²) in [7, 11) is -3.16. The van der Waals surface area contributed by atoms with E-state index in [-0.39, 0.29) is 29.3 Å². The smallest absolute Gasteiger partial charge is 0.228 e. The molecular formula is C22H24FN3O3S. The molecule has 8 heteroatoms. The molecule has 0 spiro atoms. The lowest BCUT2D eigenvalue weighted by atomic mass is 10.0. The number of carbonyl (C=O) groups excluding carboxylic acids is 1. The number of hydrogen-bond acceptors (Lipinski definition) is 4. The van der Waals surface area contributed by atoms with Crippen LogP contribution in [-0.2, 0) is 14.6 Å². The van der Waals surface area contributed by atoms with Gasteiger partial charge >= 0.3 is 0 Å². The third-order valence-corrected chi connectivity index (χ3v) is 7.30. The first kappa shape index (κ1) is 20.5. The van der Waals surface area contributed by atoms with E-state index in [2.05, 4.69) is 10.3 Å². The third-order valence-electron chi connectivity index (χ3n) is 5.53. The van der Waals surface area contributed by atoms with E-state index in [1.54, 1.807) is 6.07 Å². The van der Waals surface area contributed by atoms with Gasteiger partial charge in [0.15, 0.2) is 9.84 Å². The lowest BCUT2D eigenvalue weighted by Crippen LogP contribution is -2.24. The number of amides is 1. The SMILES string of the molecule is Cc1cccc(-c2nc3cc(F)ccc3n2C(C)C)c1NC(=O)[C@@H]1CCS(=O)(=O)C1. The monoisotopic (exact) mass is 429 g/mol. The first-order valence-corrected chi connectivity index (χ1v) is 11.8. The van der Waals surface area contributed by atoms with Crippen LogP contribution < -0.4 is 5.32 Å². The summed E-state index contributed by atoms with van der Waals surface area (Å²) in [6, 6.07) is 10.2. The van der Waals surface area contributed by atoms with E-state index in [9.17, 15) is 17.6 Å². The summed E-state index contributed by atoms with van der Waals surface area (Å²) in [6.07, 6.45) is 0.333. The molecule has 158 valence electrons. The molecule has 0 saturated carbocycles. The average Bonchev–Trinajstić information content (AvgIpc) is 3.22. The number of fused-ring (bicyclic) bond motifs is 1. The Balaban J connectivity index is 1.81. The summed E-state index contributed by atoms with van der Waals surface area (Å²) in [5.74, 6) is -0.666. The van der Waals surface area contributed by atoms with Crippen molar-refractivity contribution in [3.63, 3.8) is 0 Å². The van der Waals surface area contributed by atoms with Crippen LogP contribution in [0.5, 0.6) is 0 Å². The first-order valence-electron chi connectivity index (χ1n) is 9.95. The molecule has 1 aromatic heterocycles. The Hall–Kier alpha value is -2.74. The number of nitrogens with zero attached hydrogens (tertiary/aromatic N) is 2. The summed E-state index contributed by atoms with van der Waals surface area (Å²) >= 11 is 0. The van der Waals surface area contributed by atoms with E-state index >= 15 is 0 Å². The molecule has 1 aliphatic heterocycles. The largest absolute Gasteiger partial charge is 0.325 e. The van der Waals surface area contributed by atoms with Gasteiger partial charge in [-0.3, -0.25) is 4.79 Å². The molecule has 0 aliphatic carbocycles. The van der Waals surface area contributed by atoms with Gasteiger partial charge in [-0.05, 0) is 51.0 Å². The lowest BCUT2D eigenvalue weighted by Gasteiger charge is -2.18. The van der Waals surface area contributed by atoms with E-state index in [1.807, 2.05) is 43.5 Å². The van der Waals surface area contributed by atoms with Crippen LogP contribution in [0.3, 0.4) is 0 Å². The molecule has 1 amide bonds. The minimum absolute atomic E-state index is 0.0421. The normalized spacial score (nSPS) is 18.2. The van der Waals surface area contributed by atoms with Gasteiger partial charge in [0.25, 0.3) is 0 Å². The second-order valence-corrected chi connectivity index (χ2v) is 10.3. The molecule has 1 atom stereocenters. The molecule has 0 bridgehead atoms. The van der Waals surface area contributed by atoms with Gasteiger partial charge < -0.3 is 9.88 Å². The number of hydrogen-bond donors (Lipinski definition) is 1. The van der Waals surface area contributed by atoms with Crippen molar-refractivity contribution in [1.29, 1.82) is 0 Å². The second-order valence-electron chi connectivity index (χ2n) is 8.12. The summed E-state index contributed by atoms with van der Waals surface area (Å²) in [4.78, 5) is 17.5. The third kappa shape index (κ3) is 3.71. The van der Waals surface area contributed by atoms with Gasteiger partial charge in [-0.15, -0.1) is 0 Å². The Morgan fingerprint density at radius 1 is 1.27 bits per heavy atom. The van der Waals surface area contributed by atoms with E-state index in [4.69, 9.17) is 0 Å². The van der Waals surface area contributed by atoms with Crippen molar-refractivity contribution in [2.24, 2.45) is 5.92 Å². The number of carbonyl (C=O) groups is 1. The molecule has 30 heavy (non-hydrogen) atoms. The van der Waals surface area contributed by atoms with Gasteiger partial charge in [-0.1, -0.05) is 12.1 Å². The molecule has 1 N–H and O–H groups in total. The lowest BCUT2D eigenvalue weighted by molar-refractivity contribution is -0.119. The Morgan fingerprint density at radius 2 is 2.03 bits per heavy atom. The molecule has 1 saturated heterocycles. The van der Waals surface area contributed by atoms with Gasteiger partial charge in [-0.2, -0.15) is 0 Å². The fraction of sp³-hybridized carbons (Fsp3) is 0.364. The van der Waals surface area contributed by atoms with E-state index in [0.29, 0.717) is 23.4 Å². The van der Waals surface area contributed by atoms with Crippen LogP contribution in [0.25, 0.3) is 22.4 Å². The van der Waals surface area contributed by atoms with Crippen molar-refractivity contribution in [3.05, 3.63) is 47.8 Å². The highest BCUT2D eigenvalue weighted by molar-refractivity contribution is 7.91. The Kier molecular flexibility index (Phi) is 5.13. The number of benzene rings is 2. The highest BCUT2D eigenvalue weighted by atomic mass is 32.2. The fourth-order valence-corrected chi connectivity index (χ4v) is 5.77. The maximum Gasteiger partial charge on any atom is 0.228 e. The van der Waals surface area contributed by atoms with Crippen LogP contribution in [0, 0.1) is 18.7 Å². The maximum absolute atomic E-state index is 13.8. The summed E-state index contributed by atoms with van der Waals surface area (Å²) in [5.41, 5.74) is 3.51. The van der Waals surface area contributed by atoms with Crippen molar-refractivity contribution >= 4 is 32.5 Å². The zero-order valence-corrected chi connectivity index (χ0v) is 18.0. The Morgan fingerprint density at radius 3 is 2.70 bits per heavy atom. The molecule has 3 aromatic rings. The number of sulfone groups is 1. The van der Waals surface area contributed by atoms with Crippen molar-refractivity contribution in [2.75, 3.05) is 16.8 Å². The topological polar surface area (TPSA) is 81.1 Å². The van der Waals surface area contributed by atoms with Gasteiger partial charge in [0.1, 0.15) is 11.6 Å². The van der Waals surface area contributed by atoms with Gasteiger partial charge in [0.05, 0.1) is 34.1 Å². The van der Waals surface area contributed by atoms with Crippen LogP contribution in [0.2, 0.25) is 0 Å². The number of nitrogens with one attached hydrogen (secondary N) is 1. The van der Waals surface area contributed by atoms with Crippen molar-refractivity contribution in [1.82, 2.24) is 9.55 Å². The molecule has 0 radical (unpaired) electrons. The summed E-state index contributed by atoms with van der Waals surface area (Å²) in [5, 5.41) is 2.95. The quantitative estimate of drug-likeness (QED) is 0.677. The van der Waals surface area contributed by atoms with Crippen LogP contribution in [0.1, 0.15) is 31.9 Å². The highest BCUT2D eigenvalue weighted by Gasteiger charge is 2.33. The number of anilines is 1. The maximum atomic E-state index is 13.8. The van der Waals surface area contributed by atoms with Gasteiger partial charge in [-0.25, -0.2) is 17.8 Å². The zero-order chi connectivity index (χ0) is 21.6. The van der Waals surface area contributed by atoms with Crippen LogP contribution >= 0.6 is 0 Å². The van der Waals surface area contributed by atoms with E-state index < -0.39 is 15.8 Å². The highest BCUT2D eigenvalue weighted by Crippen LogP contribution is 2.35.